The molecule has 1 rings (SSSR count). The Morgan fingerprint density at radius 1 is 1.25 bits per heavy atom. The van der Waals surface area contributed by atoms with Gasteiger partial charge in [-0.2, -0.15) is 0 Å². The van der Waals surface area contributed by atoms with Gasteiger partial charge in [-0.05, 0) is 18.4 Å². The van der Waals surface area contributed by atoms with Crippen LogP contribution in [0.3, 0.4) is 0 Å². The number of carbonyl (C=O) groups is 2. The second kappa shape index (κ2) is 8.40. The van der Waals surface area contributed by atoms with Crippen molar-refractivity contribution < 1.29 is 14.7 Å². The van der Waals surface area contributed by atoms with Crippen molar-refractivity contribution >= 4 is 11.8 Å². The first-order chi connectivity index (χ1) is 9.60. The molecule has 0 bridgehead atoms. The third kappa shape index (κ3) is 4.72. The molecule has 0 fully saturated rings. The maximum atomic E-state index is 12.2. The van der Waals surface area contributed by atoms with Crippen molar-refractivity contribution in [1.29, 1.82) is 0 Å². The lowest BCUT2D eigenvalue weighted by molar-refractivity contribution is -0.140. The summed E-state index contributed by atoms with van der Waals surface area (Å²) in [6.45, 7) is 4.13. The summed E-state index contributed by atoms with van der Waals surface area (Å²) in [6, 6.07) is 1.60. The van der Waals surface area contributed by atoms with Gasteiger partial charge in [0.25, 0.3) is 0 Å². The summed E-state index contributed by atoms with van der Waals surface area (Å²) in [5.74, 6) is -2.38. The summed E-state index contributed by atoms with van der Waals surface area (Å²) >= 11 is 0. The molecule has 1 aromatic rings. The van der Waals surface area contributed by atoms with E-state index in [9.17, 15) is 14.7 Å². The van der Waals surface area contributed by atoms with Gasteiger partial charge < -0.3 is 5.11 Å². The fourth-order valence-corrected chi connectivity index (χ4v) is 2.22. The van der Waals surface area contributed by atoms with Gasteiger partial charge in [-0.1, -0.05) is 39.5 Å². The molecule has 2 unspecified atom stereocenters. The van der Waals surface area contributed by atoms with Crippen LogP contribution in [0.15, 0.2) is 18.5 Å². The Morgan fingerprint density at radius 3 is 2.40 bits per heavy atom. The van der Waals surface area contributed by atoms with Gasteiger partial charge in [0.1, 0.15) is 5.92 Å². The molecule has 5 heteroatoms. The van der Waals surface area contributed by atoms with E-state index in [4.69, 9.17) is 0 Å². The molecule has 0 saturated heterocycles. The van der Waals surface area contributed by atoms with Crippen molar-refractivity contribution in [2.24, 2.45) is 11.8 Å². The van der Waals surface area contributed by atoms with Crippen molar-refractivity contribution in [1.82, 2.24) is 9.97 Å². The van der Waals surface area contributed by atoms with Gasteiger partial charge in [0.2, 0.25) is 5.78 Å². The molecule has 20 heavy (non-hydrogen) atoms. The minimum atomic E-state index is -1.09. The first-order valence-corrected chi connectivity index (χ1v) is 7.14. The largest absolute Gasteiger partial charge is 0.481 e. The predicted molar refractivity (Wildman–Crippen MR) is 75.4 cm³/mol. The van der Waals surface area contributed by atoms with E-state index in [1.165, 1.54) is 12.4 Å². The highest BCUT2D eigenvalue weighted by Crippen LogP contribution is 2.23. The zero-order chi connectivity index (χ0) is 15.0. The van der Waals surface area contributed by atoms with E-state index in [0.717, 1.165) is 25.7 Å². The number of hydrogen-bond donors (Lipinski definition) is 1. The number of Topliss-reactive ketones (excluding diaryl/α,β-unsaturated/α-hetero) is 1. The van der Waals surface area contributed by atoms with E-state index >= 15 is 0 Å². The molecule has 1 heterocycles. The molecule has 1 N–H and O–H groups in total. The van der Waals surface area contributed by atoms with Crippen LogP contribution >= 0.6 is 0 Å². The number of aromatic nitrogens is 2. The number of hydrogen-bond acceptors (Lipinski definition) is 4. The average Bonchev–Trinajstić information content (AvgIpc) is 2.47. The van der Waals surface area contributed by atoms with Crippen LogP contribution in [0, 0.1) is 11.8 Å². The zero-order valence-corrected chi connectivity index (χ0v) is 12.1. The third-order valence-corrected chi connectivity index (χ3v) is 3.51. The standard InChI is InChI=1S/C15H22N2O3/c1-3-5-7-11(4-2)10-12(15(19)20)13(18)14-16-8-6-9-17-14/h6,8-9,11-12H,3-5,7,10H2,1-2H3,(H,19,20). The number of carboxylic acid groups (broad SMARTS) is 1. The summed E-state index contributed by atoms with van der Waals surface area (Å²) in [7, 11) is 0. The van der Waals surface area contributed by atoms with E-state index in [0.29, 0.717) is 6.42 Å². The summed E-state index contributed by atoms with van der Waals surface area (Å²) in [6.07, 6.45) is 7.24. The van der Waals surface area contributed by atoms with Gasteiger partial charge in [-0.3, -0.25) is 9.59 Å². The Kier molecular flexibility index (Phi) is 6.84. The van der Waals surface area contributed by atoms with Gasteiger partial charge in [-0.15, -0.1) is 0 Å². The minimum Gasteiger partial charge on any atom is -0.481 e. The number of nitrogens with zero attached hydrogens (tertiary/aromatic N) is 2. The molecular weight excluding hydrogens is 256 g/mol. The van der Waals surface area contributed by atoms with Crippen molar-refractivity contribution in [2.45, 2.75) is 46.0 Å². The smallest absolute Gasteiger partial charge is 0.314 e. The monoisotopic (exact) mass is 278 g/mol. The van der Waals surface area contributed by atoms with Gasteiger partial charge >= 0.3 is 5.97 Å². The number of carbonyl (C=O) groups excluding carboxylic acids is 1. The Hall–Kier alpha value is -1.78. The summed E-state index contributed by atoms with van der Waals surface area (Å²) in [4.78, 5) is 31.3. The Labute approximate surface area is 119 Å². The molecule has 0 aromatic carbocycles. The molecular formula is C15H22N2O3. The van der Waals surface area contributed by atoms with Crippen molar-refractivity contribution in [2.75, 3.05) is 0 Å². The molecule has 0 aliphatic heterocycles. The van der Waals surface area contributed by atoms with E-state index in [1.54, 1.807) is 6.07 Å². The molecule has 0 amide bonds. The number of unbranched alkanes of at least 4 members (excludes halogenated alkanes) is 1. The van der Waals surface area contributed by atoms with Crippen LogP contribution in [0.2, 0.25) is 0 Å². The lowest BCUT2D eigenvalue weighted by Gasteiger charge is -2.18. The molecule has 2 atom stereocenters. The predicted octanol–water partition coefficient (Wildman–Crippen LogP) is 2.97. The van der Waals surface area contributed by atoms with E-state index in [1.807, 2.05) is 6.92 Å². The molecule has 0 radical (unpaired) electrons. The second-order valence-corrected chi connectivity index (χ2v) is 4.98. The van der Waals surface area contributed by atoms with Gasteiger partial charge in [0, 0.05) is 12.4 Å². The van der Waals surface area contributed by atoms with Crippen molar-refractivity contribution in [3.63, 3.8) is 0 Å². The summed E-state index contributed by atoms with van der Waals surface area (Å²) in [5.41, 5.74) is 0. The first-order valence-electron chi connectivity index (χ1n) is 7.14. The second-order valence-electron chi connectivity index (χ2n) is 4.98. The SMILES string of the molecule is CCCCC(CC)CC(C(=O)O)C(=O)c1ncccn1. The molecule has 1 aromatic heterocycles. The van der Waals surface area contributed by atoms with Crippen LogP contribution < -0.4 is 0 Å². The average molecular weight is 278 g/mol. The van der Waals surface area contributed by atoms with Crippen LogP contribution in [0.25, 0.3) is 0 Å². The molecule has 0 aliphatic rings. The van der Waals surface area contributed by atoms with Crippen LogP contribution in [0.4, 0.5) is 0 Å². The van der Waals surface area contributed by atoms with Crippen LogP contribution in [0.1, 0.15) is 56.6 Å². The maximum absolute atomic E-state index is 12.2. The van der Waals surface area contributed by atoms with Gasteiger partial charge in [0.15, 0.2) is 5.82 Å². The summed E-state index contributed by atoms with van der Waals surface area (Å²) < 4.78 is 0. The number of aliphatic carboxylic acids is 1. The maximum Gasteiger partial charge on any atom is 0.314 e. The fourth-order valence-electron chi connectivity index (χ4n) is 2.22. The van der Waals surface area contributed by atoms with Crippen molar-refractivity contribution in [3.8, 4) is 0 Å². The topological polar surface area (TPSA) is 80.1 Å². The summed E-state index contributed by atoms with van der Waals surface area (Å²) in [5, 5.41) is 9.30. The van der Waals surface area contributed by atoms with Gasteiger partial charge in [-0.25, -0.2) is 9.97 Å². The van der Waals surface area contributed by atoms with Crippen molar-refractivity contribution in [3.05, 3.63) is 24.3 Å². The Balaban J connectivity index is 2.78. The van der Waals surface area contributed by atoms with E-state index < -0.39 is 17.7 Å². The first kappa shape index (κ1) is 16.3. The lowest BCUT2D eigenvalue weighted by atomic mass is 9.86. The molecule has 0 spiro atoms. The normalized spacial score (nSPS) is 13.7. The third-order valence-electron chi connectivity index (χ3n) is 3.51. The molecule has 0 aliphatic carbocycles. The van der Waals surface area contributed by atoms with Crippen LogP contribution in [-0.4, -0.2) is 26.8 Å². The molecule has 0 saturated carbocycles. The van der Waals surface area contributed by atoms with Gasteiger partial charge in [0.05, 0.1) is 0 Å². The number of ketones is 1. The van der Waals surface area contributed by atoms with E-state index in [2.05, 4.69) is 16.9 Å². The fraction of sp³-hybridized carbons (Fsp3) is 0.600. The van der Waals surface area contributed by atoms with Crippen LogP contribution in [0.5, 0.6) is 0 Å². The molecule has 5 nitrogen and oxygen atoms in total. The quantitative estimate of drug-likeness (QED) is 0.555. The highest BCUT2D eigenvalue weighted by atomic mass is 16.4. The highest BCUT2D eigenvalue weighted by Gasteiger charge is 2.31. The number of carboxylic acids is 1. The Morgan fingerprint density at radius 2 is 1.90 bits per heavy atom. The van der Waals surface area contributed by atoms with Crippen LogP contribution in [-0.2, 0) is 4.79 Å². The van der Waals surface area contributed by atoms with E-state index in [-0.39, 0.29) is 11.7 Å². The lowest BCUT2D eigenvalue weighted by Crippen LogP contribution is -2.28. The Bertz CT molecular complexity index is 434. The highest BCUT2D eigenvalue weighted by molar-refractivity contribution is 6.06. The zero-order valence-electron chi connectivity index (χ0n) is 12.1. The minimum absolute atomic E-state index is 0.00903. The molecule has 110 valence electrons. The number of rotatable bonds is 9.